The van der Waals surface area contributed by atoms with Crippen LogP contribution in [0.5, 0.6) is 17.2 Å². The first-order valence-electron chi connectivity index (χ1n) is 7.43. The lowest BCUT2D eigenvalue weighted by molar-refractivity contribution is 0.0361. The predicted molar refractivity (Wildman–Crippen MR) is 82.6 cm³/mol. The lowest BCUT2D eigenvalue weighted by atomic mass is 9.98. The molecule has 1 unspecified atom stereocenters. The Bertz CT molecular complexity index is 565. The Morgan fingerprint density at radius 3 is 2.73 bits per heavy atom. The van der Waals surface area contributed by atoms with E-state index in [4.69, 9.17) is 14.2 Å². The zero-order valence-corrected chi connectivity index (χ0v) is 13.1. The number of carbonyl (C=O) groups excluding carboxylic acids is 1. The van der Waals surface area contributed by atoms with Crippen LogP contribution in [0.3, 0.4) is 0 Å². The molecule has 0 radical (unpaired) electrons. The summed E-state index contributed by atoms with van der Waals surface area (Å²) < 4.78 is 15.7. The van der Waals surface area contributed by atoms with Crippen molar-refractivity contribution in [2.45, 2.75) is 38.2 Å². The minimum absolute atomic E-state index is 0.157. The molecule has 0 fully saturated rings. The maximum absolute atomic E-state index is 12.0. The molecule has 1 aromatic carbocycles. The minimum atomic E-state index is -0.510. The van der Waals surface area contributed by atoms with E-state index in [0.717, 1.165) is 32.1 Å². The summed E-state index contributed by atoms with van der Waals surface area (Å²) in [6, 6.07) is 1.72. The fraction of sp³-hybridized carbons (Fsp3) is 0.471. The largest absolute Gasteiger partial charge is 0.504 e. The number of rotatable bonds is 8. The van der Waals surface area contributed by atoms with Crippen molar-refractivity contribution in [2.24, 2.45) is 0 Å². The van der Waals surface area contributed by atoms with Crippen LogP contribution in [0.1, 0.15) is 54.1 Å². The number of cyclic esters (lactones) is 1. The van der Waals surface area contributed by atoms with Crippen molar-refractivity contribution < 1.29 is 24.1 Å². The number of methoxy groups -OCH3 is 2. The van der Waals surface area contributed by atoms with Gasteiger partial charge in [-0.15, -0.1) is 6.58 Å². The molecular formula is C17H22O5. The van der Waals surface area contributed by atoms with Crippen molar-refractivity contribution in [1.29, 1.82) is 0 Å². The van der Waals surface area contributed by atoms with Crippen molar-refractivity contribution in [3.05, 3.63) is 29.8 Å². The summed E-state index contributed by atoms with van der Waals surface area (Å²) in [5, 5.41) is 10.2. The summed E-state index contributed by atoms with van der Waals surface area (Å²) in [7, 11) is 2.91. The van der Waals surface area contributed by atoms with E-state index in [1.807, 2.05) is 6.08 Å². The average Bonchev–Trinajstić information content (AvgIpc) is 2.83. The molecular weight excluding hydrogens is 284 g/mol. The van der Waals surface area contributed by atoms with Crippen molar-refractivity contribution in [3.8, 4) is 17.2 Å². The van der Waals surface area contributed by atoms with Gasteiger partial charge in [-0.1, -0.05) is 12.5 Å². The molecule has 0 saturated carbocycles. The molecule has 5 nitrogen and oxygen atoms in total. The number of allylic oxidation sites excluding steroid dienone is 1. The normalized spacial score (nSPS) is 16.1. The van der Waals surface area contributed by atoms with E-state index in [2.05, 4.69) is 6.58 Å². The molecule has 1 aromatic rings. The number of esters is 1. The lowest BCUT2D eigenvalue weighted by Crippen LogP contribution is -1.98. The van der Waals surface area contributed by atoms with Gasteiger partial charge < -0.3 is 19.3 Å². The highest BCUT2D eigenvalue weighted by Gasteiger charge is 2.36. The Morgan fingerprint density at radius 1 is 1.32 bits per heavy atom. The molecule has 0 spiro atoms. The van der Waals surface area contributed by atoms with Crippen LogP contribution in [0.15, 0.2) is 18.7 Å². The van der Waals surface area contributed by atoms with E-state index in [1.54, 1.807) is 6.07 Å². The second-order valence-electron chi connectivity index (χ2n) is 5.25. The van der Waals surface area contributed by atoms with E-state index in [0.29, 0.717) is 11.3 Å². The van der Waals surface area contributed by atoms with Crippen LogP contribution in [-0.4, -0.2) is 25.3 Å². The molecule has 2 rings (SSSR count). The zero-order chi connectivity index (χ0) is 16.1. The number of unbranched alkanes of at least 4 members (excludes halogenated alkanes) is 3. The molecule has 1 atom stereocenters. The van der Waals surface area contributed by atoms with Gasteiger partial charge in [0.05, 0.1) is 14.2 Å². The average molecular weight is 306 g/mol. The van der Waals surface area contributed by atoms with E-state index >= 15 is 0 Å². The summed E-state index contributed by atoms with van der Waals surface area (Å²) in [4.78, 5) is 12.0. The van der Waals surface area contributed by atoms with Gasteiger partial charge in [0.15, 0.2) is 11.5 Å². The van der Waals surface area contributed by atoms with Gasteiger partial charge in [-0.2, -0.15) is 0 Å². The van der Waals surface area contributed by atoms with E-state index < -0.39 is 5.97 Å². The summed E-state index contributed by atoms with van der Waals surface area (Å²) in [6.07, 6.45) is 6.36. The first kappa shape index (κ1) is 16.2. The van der Waals surface area contributed by atoms with Crippen molar-refractivity contribution in [1.82, 2.24) is 0 Å². The molecule has 120 valence electrons. The van der Waals surface area contributed by atoms with E-state index in [9.17, 15) is 9.90 Å². The Kier molecular flexibility index (Phi) is 5.31. The highest BCUT2D eigenvalue weighted by molar-refractivity contribution is 5.98. The smallest absolute Gasteiger partial charge is 0.343 e. The third-order valence-electron chi connectivity index (χ3n) is 3.85. The summed E-state index contributed by atoms with van der Waals surface area (Å²) in [6.45, 7) is 3.70. The lowest BCUT2D eigenvalue weighted by Gasteiger charge is -2.14. The second-order valence-corrected chi connectivity index (χ2v) is 5.25. The van der Waals surface area contributed by atoms with Gasteiger partial charge in [0, 0.05) is 5.56 Å². The standard InChI is InChI=1S/C17H22O5/c1-4-5-6-7-8-9-12-11-10-13(20-2)16(21-3)15(18)14(11)17(19)22-12/h4,10,12,18H,1,5-9H2,2-3H3. The molecule has 1 aliphatic rings. The monoisotopic (exact) mass is 306 g/mol. The molecule has 0 saturated heterocycles. The van der Waals surface area contributed by atoms with Crippen LogP contribution >= 0.6 is 0 Å². The molecule has 0 amide bonds. The van der Waals surface area contributed by atoms with Crippen LogP contribution in [0.2, 0.25) is 0 Å². The maximum Gasteiger partial charge on any atom is 0.343 e. The van der Waals surface area contributed by atoms with E-state index in [1.165, 1.54) is 14.2 Å². The highest BCUT2D eigenvalue weighted by Crippen LogP contribution is 2.48. The SMILES string of the molecule is C=CCCCCCC1OC(=O)c2c1cc(OC)c(OC)c2O. The Morgan fingerprint density at radius 2 is 2.09 bits per heavy atom. The number of phenols is 1. The van der Waals surface area contributed by atoms with Gasteiger partial charge in [0.25, 0.3) is 0 Å². The Labute approximate surface area is 130 Å². The van der Waals surface area contributed by atoms with Crippen molar-refractivity contribution in [3.63, 3.8) is 0 Å². The molecule has 0 aliphatic carbocycles. The minimum Gasteiger partial charge on any atom is -0.504 e. The number of phenolic OH excluding ortho intramolecular Hbond substituents is 1. The third-order valence-corrected chi connectivity index (χ3v) is 3.85. The number of carbonyl (C=O) groups is 1. The van der Waals surface area contributed by atoms with Gasteiger partial charge in [0.2, 0.25) is 5.75 Å². The quantitative estimate of drug-likeness (QED) is 0.450. The molecule has 0 bridgehead atoms. The van der Waals surface area contributed by atoms with Crippen LogP contribution in [0.4, 0.5) is 0 Å². The van der Waals surface area contributed by atoms with Crippen LogP contribution in [0, 0.1) is 0 Å². The number of hydrogen-bond acceptors (Lipinski definition) is 5. The molecule has 22 heavy (non-hydrogen) atoms. The van der Waals surface area contributed by atoms with Gasteiger partial charge in [-0.25, -0.2) is 4.79 Å². The summed E-state index contributed by atoms with van der Waals surface area (Å²) in [5.41, 5.74) is 0.859. The summed E-state index contributed by atoms with van der Waals surface area (Å²) in [5.74, 6) is -0.168. The molecule has 1 N–H and O–H groups in total. The van der Waals surface area contributed by atoms with Crippen molar-refractivity contribution in [2.75, 3.05) is 14.2 Å². The van der Waals surface area contributed by atoms with Crippen LogP contribution < -0.4 is 9.47 Å². The Balaban J connectivity index is 2.19. The number of aromatic hydroxyl groups is 1. The van der Waals surface area contributed by atoms with Gasteiger partial charge in [-0.3, -0.25) is 0 Å². The Hall–Kier alpha value is -2.17. The first-order valence-corrected chi connectivity index (χ1v) is 7.43. The fourth-order valence-electron chi connectivity index (χ4n) is 2.72. The summed E-state index contributed by atoms with van der Waals surface area (Å²) >= 11 is 0. The van der Waals surface area contributed by atoms with Gasteiger partial charge in [0.1, 0.15) is 11.7 Å². The first-order chi connectivity index (χ1) is 10.6. The van der Waals surface area contributed by atoms with Crippen LogP contribution in [0.25, 0.3) is 0 Å². The molecule has 0 aromatic heterocycles. The topological polar surface area (TPSA) is 65.0 Å². The van der Waals surface area contributed by atoms with Gasteiger partial charge in [-0.05, 0) is 31.7 Å². The molecule has 1 heterocycles. The number of ether oxygens (including phenoxy) is 3. The second kappa shape index (κ2) is 7.20. The maximum atomic E-state index is 12.0. The highest BCUT2D eigenvalue weighted by atomic mass is 16.6. The predicted octanol–water partition coefficient (Wildman–Crippen LogP) is 3.76. The number of benzene rings is 1. The number of fused-ring (bicyclic) bond motifs is 1. The molecule has 5 heteroatoms. The van der Waals surface area contributed by atoms with E-state index in [-0.39, 0.29) is 23.2 Å². The fourth-order valence-corrected chi connectivity index (χ4v) is 2.72. The molecule has 1 aliphatic heterocycles. The van der Waals surface area contributed by atoms with Gasteiger partial charge >= 0.3 is 5.97 Å². The third kappa shape index (κ3) is 3.03. The van der Waals surface area contributed by atoms with Crippen molar-refractivity contribution >= 4 is 5.97 Å². The van der Waals surface area contributed by atoms with Crippen LogP contribution in [-0.2, 0) is 4.74 Å². The number of hydrogen-bond donors (Lipinski definition) is 1. The zero-order valence-electron chi connectivity index (χ0n) is 13.1.